The Bertz CT molecular complexity index is 1160. The van der Waals surface area contributed by atoms with Gasteiger partial charge in [-0.2, -0.15) is 0 Å². The quantitative estimate of drug-likeness (QED) is 0.630. The molecule has 3 aromatic rings. The maximum Gasteiger partial charge on any atom is 0.346 e. The van der Waals surface area contributed by atoms with E-state index in [9.17, 15) is 13.2 Å². The Morgan fingerprint density at radius 2 is 2.11 bits per heavy atom. The number of furan rings is 1. The second kappa shape index (κ2) is 7.23. The number of hydrogen-bond acceptors (Lipinski definition) is 5. The van der Waals surface area contributed by atoms with E-state index in [0.29, 0.717) is 22.2 Å². The van der Waals surface area contributed by atoms with Crippen molar-refractivity contribution in [2.75, 3.05) is 6.54 Å². The predicted molar refractivity (Wildman–Crippen MR) is 104 cm³/mol. The molecule has 0 radical (unpaired) electrons. The van der Waals surface area contributed by atoms with Crippen LogP contribution in [0.1, 0.15) is 24.4 Å². The monoisotopic (exact) mass is 422 g/mol. The first-order valence-corrected chi connectivity index (χ1v) is 10.7. The average molecular weight is 423 g/mol. The number of hydrogen-bond donors (Lipinski definition) is 1. The summed E-state index contributed by atoms with van der Waals surface area (Å²) < 4.78 is 35.9. The standard InChI is InChI=1S/C18H19ClN4O4S/c1-12-4-5-13(19)11-16(12)28(25,26)20-8-9-22-18(24)23(14-6-7-14)17(21-22)15-3-2-10-27-15/h2-5,10-11,14,20H,6-9H2,1H3. The third kappa shape index (κ3) is 3.65. The fourth-order valence-corrected chi connectivity index (χ4v) is 4.55. The zero-order valence-electron chi connectivity index (χ0n) is 15.1. The highest BCUT2D eigenvalue weighted by molar-refractivity contribution is 7.89. The summed E-state index contributed by atoms with van der Waals surface area (Å²) >= 11 is 5.92. The van der Waals surface area contributed by atoms with Crippen molar-refractivity contribution in [1.29, 1.82) is 0 Å². The summed E-state index contributed by atoms with van der Waals surface area (Å²) in [5.74, 6) is 0.976. The molecule has 10 heteroatoms. The highest BCUT2D eigenvalue weighted by Gasteiger charge is 2.31. The molecule has 8 nitrogen and oxygen atoms in total. The van der Waals surface area contributed by atoms with Crippen LogP contribution in [0.5, 0.6) is 0 Å². The molecule has 1 aliphatic carbocycles. The molecule has 0 atom stereocenters. The maximum absolute atomic E-state index is 12.7. The van der Waals surface area contributed by atoms with Crippen LogP contribution < -0.4 is 10.4 Å². The van der Waals surface area contributed by atoms with E-state index < -0.39 is 10.0 Å². The van der Waals surface area contributed by atoms with E-state index in [2.05, 4.69) is 9.82 Å². The topological polar surface area (TPSA) is 99.1 Å². The van der Waals surface area contributed by atoms with Gasteiger partial charge in [-0.05, 0) is 49.6 Å². The van der Waals surface area contributed by atoms with Gasteiger partial charge in [0.1, 0.15) is 0 Å². The van der Waals surface area contributed by atoms with Crippen LogP contribution in [0, 0.1) is 6.92 Å². The summed E-state index contributed by atoms with van der Waals surface area (Å²) in [5, 5.41) is 4.70. The van der Waals surface area contributed by atoms with Gasteiger partial charge in [-0.3, -0.25) is 4.57 Å². The van der Waals surface area contributed by atoms with Gasteiger partial charge in [-0.25, -0.2) is 22.6 Å². The first kappa shape index (κ1) is 19.0. The average Bonchev–Trinajstić information content (AvgIpc) is 3.22. The molecular formula is C18H19ClN4O4S. The molecule has 0 saturated heterocycles. The smallest absolute Gasteiger partial charge is 0.346 e. The van der Waals surface area contributed by atoms with E-state index in [1.807, 2.05) is 0 Å². The van der Waals surface area contributed by atoms with E-state index in [-0.39, 0.29) is 29.7 Å². The fourth-order valence-electron chi connectivity index (χ4n) is 3.03. The molecule has 0 aliphatic heterocycles. The Morgan fingerprint density at radius 3 is 2.79 bits per heavy atom. The molecule has 1 fully saturated rings. The summed E-state index contributed by atoms with van der Waals surface area (Å²) in [7, 11) is -3.75. The molecule has 1 aliphatic rings. The van der Waals surface area contributed by atoms with Gasteiger partial charge in [-0.1, -0.05) is 17.7 Å². The lowest BCUT2D eigenvalue weighted by Crippen LogP contribution is -2.32. The largest absolute Gasteiger partial charge is 0.461 e. The van der Waals surface area contributed by atoms with Crippen LogP contribution in [0.3, 0.4) is 0 Å². The number of benzene rings is 1. The zero-order valence-corrected chi connectivity index (χ0v) is 16.7. The Morgan fingerprint density at radius 1 is 1.32 bits per heavy atom. The third-order valence-electron chi connectivity index (χ3n) is 4.58. The van der Waals surface area contributed by atoms with Gasteiger partial charge in [0, 0.05) is 17.6 Å². The van der Waals surface area contributed by atoms with E-state index in [4.69, 9.17) is 16.0 Å². The summed E-state index contributed by atoms with van der Waals surface area (Å²) in [4.78, 5) is 12.8. The lowest BCUT2D eigenvalue weighted by atomic mass is 10.2. The SMILES string of the molecule is Cc1ccc(Cl)cc1S(=O)(=O)NCCn1nc(-c2ccco2)n(C2CC2)c1=O. The van der Waals surface area contributed by atoms with Gasteiger partial charge in [-0.15, -0.1) is 5.10 Å². The summed E-state index contributed by atoms with van der Waals surface area (Å²) in [6, 6.07) is 8.28. The van der Waals surface area contributed by atoms with Crippen LogP contribution in [-0.4, -0.2) is 29.3 Å². The number of halogens is 1. The second-order valence-corrected chi connectivity index (χ2v) is 8.89. The molecular weight excluding hydrogens is 404 g/mol. The number of sulfonamides is 1. The summed E-state index contributed by atoms with van der Waals surface area (Å²) in [5.41, 5.74) is 0.319. The van der Waals surface area contributed by atoms with Crippen LogP contribution in [-0.2, 0) is 16.6 Å². The van der Waals surface area contributed by atoms with Crippen LogP contribution in [0.25, 0.3) is 11.6 Å². The molecule has 0 unspecified atom stereocenters. The maximum atomic E-state index is 12.7. The molecule has 148 valence electrons. The second-order valence-electron chi connectivity index (χ2n) is 6.72. The van der Waals surface area contributed by atoms with Crippen LogP contribution in [0.15, 0.2) is 50.7 Å². The van der Waals surface area contributed by atoms with Gasteiger partial charge >= 0.3 is 5.69 Å². The molecule has 1 N–H and O–H groups in total. The lowest BCUT2D eigenvalue weighted by molar-refractivity contribution is 0.546. The number of nitrogens with zero attached hydrogens (tertiary/aromatic N) is 3. The molecule has 28 heavy (non-hydrogen) atoms. The van der Waals surface area contributed by atoms with Crippen molar-refractivity contribution >= 4 is 21.6 Å². The minimum Gasteiger partial charge on any atom is -0.461 e. The molecule has 0 spiro atoms. The van der Waals surface area contributed by atoms with Crippen molar-refractivity contribution in [3.8, 4) is 11.6 Å². The van der Waals surface area contributed by atoms with E-state index in [1.165, 1.54) is 17.0 Å². The molecule has 0 bridgehead atoms. The molecule has 1 saturated carbocycles. The lowest BCUT2D eigenvalue weighted by Gasteiger charge is -2.09. The molecule has 2 aromatic heterocycles. The van der Waals surface area contributed by atoms with Crippen molar-refractivity contribution in [3.63, 3.8) is 0 Å². The van der Waals surface area contributed by atoms with Crippen molar-refractivity contribution in [1.82, 2.24) is 19.1 Å². The number of nitrogens with one attached hydrogen (secondary N) is 1. The summed E-state index contributed by atoms with van der Waals surface area (Å²) in [6.07, 6.45) is 3.36. The fraction of sp³-hybridized carbons (Fsp3) is 0.333. The van der Waals surface area contributed by atoms with Gasteiger partial charge < -0.3 is 4.42 Å². The van der Waals surface area contributed by atoms with Gasteiger partial charge in [0.15, 0.2) is 5.76 Å². The summed E-state index contributed by atoms with van der Waals surface area (Å²) in [6.45, 7) is 1.82. The number of aromatic nitrogens is 3. The van der Waals surface area contributed by atoms with Crippen molar-refractivity contribution in [3.05, 3.63) is 57.7 Å². The minimum absolute atomic E-state index is 0.0213. The zero-order chi connectivity index (χ0) is 19.9. The Balaban J connectivity index is 1.54. The van der Waals surface area contributed by atoms with Crippen LogP contribution in [0.4, 0.5) is 0 Å². The van der Waals surface area contributed by atoms with Gasteiger partial charge in [0.25, 0.3) is 0 Å². The third-order valence-corrected chi connectivity index (χ3v) is 6.42. The first-order chi connectivity index (χ1) is 13.4. The Labute approximate surface area is 166 Å². The minimum atomic E-state index is -3.75. The number of rotatable bonds is 7. The molecule has 0 amide bonds. The van der Waals surface area contributed by atoms with Crippen LogP contribution >= 0.6 is 11.6 Å². The van der Waals surface area contributed by atoms with Crippen molar-refractivity contribution in [2.24, 2.45) is 0 Å². The van der Waals surface area contributed by atoms with Crippen molar-refractivity contribution < 1.29 is 12.8 Å². The van der Waals surface area contributed by atoms with Gasteiger partial charge in [0.05, 0.1) is 17.7 Å². The van der Waals surface area contributed by atoms with Crippen molar-refractivity contribution in [2.45, 2.75) is 37.2 Å². The Hall–Kier alpha value is -2.36. The molecule has 2 heterocycles. The van der Waals surface area contributed by atoms with E-state index >= 15 is 0 Å². The number of aryl methyl sites for hydroxylation is 1. The molecule has 1 aromatic carbocycles. The van der Waals surface area contributed by atoms with E-state index in [0.717, 1.165) is 12.8 Å². The highest BCUT2D eigenvalue weighted by Crippen LogP contribution is 2.36. The Kier molecular flexibility index (Phi) is 4.90. The highest BCUT2D eigenvalue weighted by atomic mass is 35.5. The van der Waals surface area contributed by atoms with Crippen LogP contribution in [0.2, 0.25) is 5.02 Å². The predicted octanol–water partition coefficient (Wildman–Crippen LogP) is 2.58. The first-order valence-electron chi connectivity index (χ1n) is 8.86. The normalized spacial score (nSPS) is 14.5. The van der Waals surface area contributed by atoms with Gasteiger partial charge in [0.2, 0.25) is 15.8 Å². The molecule has 4 rings (SSSR count). The van der Waals surface area contributed by atoms with E-state index in [1.54, 1.807) is 35.8 Å².